The van der Waals surface area contributed by atoms with Crippen molar-refractivity contribution in [3.63, 3.8) is 0 Å². The summed E-state index contributed by atoms with van der Waals surface area (Å²) in [5.41, 5.74) is 2.82. The summed E-state index contributed by atoms with van der Waals surface area (Å²) in [6, 6.07) is 19.4. The van der Waals surface area contributed by atoms with Gasteiger partial charge in [-0.05, 0) is 18.2 Å². The highest BCUT2D eigenvalue weighted by Crippen LogP contribution is 2.29. The molecule has 1 aliphatic rings. The summed E-state index contributed by atoms with van der Waals surface area (Å²) >= 11 is 0. The van der Waals surface area contributed by atoms with Gasteiger partial charge in [0.05, 0.1) is 11.2 Å². The number of fused-ring (bicyclic) bond motifs is 2. The Kier molecular flexibility index (Phi) is 4.48. The summed E-state index contributed by atoms with van der Waals surface area (Å²) in [6.07, 6.45) is 0. The first-order valence-electron chi connectivity index (χ1n) is 10.2. The highest BCUT2D eigenvalue weighted by atomic mass is 16.2. The third-order valence-electron chi connectivity index (χ3n) is 6.03. The number of nitriles is 1. The summed E-state index contributed by atoms with van der Waals surface area (Å²) in [5, 5.41) is 11.6. The predicted octanol–water partition coefficient (Wildman–Crippen LogP) is 2.85. The normalized spacial score (nSPS) is 14.2. The molecule has 0 radical (unpaired) electrons. The lowest BCUT2D eigenvalue weighted by Gasteiger charge is -2.36. The van der Waals surface area contributed by atoms with E-state index in [0.29, 0.717) is 37.6 Å². The van der Waals surface area contributed by atoms with Crippen LogP contribution in [0.5, 0.6) is 0 Å². The number of anilines is 1. The molecule has 3 heterocycles. The molecule has 2 aromatic heterocycles. The number of nitrogens with zero attached hydrogens (tertiary/aromatic N) is 4. The number of aromatic nitrogens is 2. The van der Waals surface area contributed by atoms with Gasteiger partial charge in [0.25, 0.3) is 11.5 Å². The van der Waals surface area contributed by atoms with E-state index in [1.807, 2.05) is 59.5 Å². The van der Waals surface area contributed by atoms with Crippen LogP contribution in [-0.4, -0.2) is 46.5 Å². The van der Waals surface area contributed by atoms with Crippen molar-refractivity contribution in [1.29, 1.82) is 5.26 Å². The molecule has 31 heavy (non-hydrogen) atoms. The number of amides is 1. The lowest BCUT2D eigenvalue weighted by molar-refractivity contribution is 0.0742. The SMILES string of the molecule is Cn1c(=O)c(C#N)c(N2CCN(C(=O)c3cc4ccccc4[nH]3)CC2)c2ccccc21. The molecule has 4 aromatic rings. The lowest BCUT2D eigenvalue weighted by atomic mass is 10.1. The summed E-state index contributed by atoms with van der Waals surface area (Å²) in [7, 11) is 1.69. The number of para-hydroxylation sites is 2. The van der Waals surface area contributed by atoms with Gasteiger partial charge in [-0.3, -0.25) is 9.59 Å². The minimum atomic E-state index is -0.298. The van der Waals surface area contributed by atoms with Crippen LogP contribution in [-0.2, 0) is 7.05 Å². The Bertz CT molecular complexity index is 1380. The summed E-state index contributed by atoms with van der Waals surface area (Å²) in [4.78, 5) is 32.9. The first-order valence-corrected chi connectivity index (χ1v) is 10.2. The average molecular weight is 411 g/mol. The molecule has 1 aliphatic heterocycles. The highest BCUT2D eigenvalue weighted by Gasteiger charge is 2.27. The molecule has 0 aliphatic carbocycles. The van der Waals surface area contributed by atoms with Crippen molar-refractivity contribution in [3.8, 4) is 6.07 Å². The largest absolute Gasteiger partial charge is 0.366 e. The maximum Gasteiger partial charge on any atom is 0.270 e. The molecule has 1 N–H and O–H groups in total. The summed E-state index contributed by atoms with van der Waals surface area (Å²) in [6.45, 7) is 2.14. The highest BCUT2D eigenvalue weighted by molar-refractivity contribution is 5.98. The van der Waals surface area contributed by atoms with Crippen molar-refractivity contribution in [2.45, 2.75) is 0 Å². The zero-order valence-corrected chi connectivity index (χ0v) is 17.1. The van der Waals surface area contributed by atoms with Crippen molar-refractivity contribution < 1.29 is 4.79 Å². The Morgan fingerprint density at radius 1 is 1.03 bits per heavy atom. The van der Waals surface area contributed by atoms with Crippen LogP contribution in [0.1, 0.15) is 16.1 Å². The van der Waals surface area contributed by atoms with Gasteiger partial charge in [0.15, 0.2) is 0 Å². The molecule has 154 valence electrons. The van der Waals surface area contributed by atoms with Gasteiger partial charge in [-0.25, -0.2) is 0 Å². The van der Waals surface area contributed by atoms with Gasteiger partial charge < -0.3 is 19.4 Å². The molecule has 0 saturated carbocycles. The number of rotatable bonds is 2. The van der Waals surface area contributed by atoms with E-state index in [1.54, 1.807) is 7.05 Å². The molecule has 1 saturated heterocycles. The molecular formula is C24H21N5O2. The zero-order chi connectivity index (χ0) is 21.5. The van der Waals surface area contributed by atoms with Crippen LogP contribution in [0.4, 0.5) is 5.69 Å². The third kappa shape index (κ3) is 3.04. The molecule has 7 heteroatoms. The minimum absolute atomic E-state index is 0.0369. The van der Waals surface area contributed by atoms with Crippen molar-refractivity contribution in [2.24, 2.45) is 7.05 Å². The first-order chi connectivity index (χ1) is 15.1. The molecule has 7 nitrogen and oxygen atoms in total. The number of hydrogen-bond donors (Lipinski definition) is 1. The average Bonchev–Trinajstić information content (AvgIpc) is 3.25. The first kappa shape index (κ1) is 18.9. The molecule has 1 amide bonds. The number of pyridine rings is 1. The van der Waals surface area contributed by atoms with E-state index < -0.39 is 0 Å². The van der Waals surface area contributed by atoms with Gasteiger partial charge in [0.2, 0.25) is 0 Å². The quantitative estimate of drug-likeness (QED) is 0.550. The topological polar surface area (TPSA) is 85.1 Å². The molecule has 5 rings (SSSR count). The second kappa shape index (κ2) is 7.33. The number of aryl methyl sites for hydroxylation is 1. The van der Waals surface area contributed by atoms with Gasteiger partial charge in [-0.15, -0.1) is 0 Å². The van der Waals surface area contributed by atoms with Gasteiger partial charge in [-0.2, -0.15) is 5.26 Å². The standard InChI is InChI=1S/C24H21N5O2/c1-27-21-9-5-3-7-17(21)22(18(15-25)23(27)30)28-10-12-29(13-11-28)24(31)20-14-16-6-2-4-8-19(16)26-20/h2-9,14,26H,10-13H2,1H3. The van der Waals surface area contributed by atoms with Crippen LogP contribution in [0.25, 0.3) is 21.8 Å². The van der Waals surface area contributed by atoms with E-state index in [2.05, 4.69) is 16.0 Å². The Morgan fingerprint density at radius 2 is 1.74 bits per heavy atom. The number of H-pyrrole nitrogens is 1. The van der Waals surface area contributed by atoms with E-state index in [1.165, 1.54) is 4.57 Å². The molecule has 0 spiro atoms. The predicted molar refractivity (Wildman–Crippen MR) is 120 cm³/mol. The third-order valence-corrected chi connectivity index (χ3v) is 6.03. The minimum Gasteiger partial charge on any atom is -0.366 e. The van der Waals surface area contributed by atoms with Gasteiger partial charge in [-0.1, -0.05) is 36.4 Å². The van der Waals surface area contributed by atoms with Crippen LogP contribution in [0.3, 0.4) is 0 Å². The Hall–Kier alpha value is -4.05. The van der Waals surface area contributed by atoms with Crippen molar-refractivity contribution >= 4 is 33.4 Å². The molecule has 0 unspecified atom stereocenters. The fourth-order valence-corrected chi connectivity index (χ4v) is 4.40. The number of hydrogen-bond acceptors (Lipinski definition) is 4. The van der Waals surface area contributed by atoms with Gasteiger partial charge in [0.1, 0.15) is 17.3 Å². The second-order valence-corrected chi connectivity index (χ2v) is 7.77. The number of nitrogens with one attached hydrogen (secondary N) is 1. The van der Waals surface area contributed by atoms with E-state index in [0.717, 1.165) is 21.8 Å². The van der Waals surface area contributed by atoms with E-state index in [9.17, 15) is 14.9 Å². The van der Waals surface area contributed by atoms with E-state index in [4.69, 9.17) is 0 Å². The van der Waals surface area contributed by atoms with Gasteiger partial charge in [0, 0.05) is 49.5 Å². The fraction of sp³-hybridized carbons (Fsp3) is 0.208. The molecule has 2 aromatic carbocycles. The number of benzene rings is 2. The van der Waals surface area contributed by atoms with Crippen LogP contribution in [0, 0.1) is 11.3 Å². The van der Waals surface area contributed by atoms with Crippen LogP contribution in [0.15, 0.2) is 59.4 Å². The monoisotopic (exact) mass is 411 g/mol. The summed E-state index contributed by atoms with van der Waals surface area (Å²) in [5.74, 6) is -0.0369. The van der Waals surface area contributed by atoms with Gasteiger partial charge >= 0.3 is 0 Å². The number of carbonyl (C=O) groups excluding carboxylic acids is 1. The number of aromatic amines is 1. The molecule has 0 bridgehead atoms. The van der Waals surface area contributed by atoms with Crippen LogP contribution in [0.2, 0.25) is 0 Å². The Morgan fingerprint density at radius 3 is 2.48 bits per heavy atom. The molecule has 0 atom stereocenters. The van der Waals surface area contributed by atoms with E-state index in [-0.39, 0.29) is 17.0 Å². The van der Waals surface area contributed by atoms with E-state index >= 15 is 0 Å². The zero-order valence-electron chi connectivity index (χ0n) is 17.1. The number of piperazine rings is 1. The van der Waals surface area contributed by atoms with Crippen LogP contribution >= 0.6 is 0 Å². The molecular weight excluding hydrogens is 390 g/mol. The fourth-order valence-electron chi connectivity index (χ4n) is 4.40. The van der Waals surface area contributed by atoms with Crippen LogP contribution < -0.4 is 10.5 Å². The smallest absolute Gasteiger partial charge is 0.270 e. The number of carbonyl (C=O) groups is 1. The van der Waals surface area contributed by atoms with Crippen molar-refractivity contribution in [3.05, 3.63) is 76.2 Å². The maximum atomic E-state index is 13.0. The second-order valence-electron chi connectivity index (χ2n) is 7.77. The van der Waals surface area contributed by atoms with Crippen molar-refractivity contribution in [2.75, 3.05) is 31.1 Å². The lowest BCUT2D eigenvalue weighted by Crippen LogP contribution is -2.49. The molecule has 1 fully saturated rings. The Labute approximate surface area is 178 Å². The summed E-state index contributed by atoms with van der Waals surface area (Å²) < 4.78 is 1.52. The Balaban J connectivity index is 1.44. The van der Waals surface area contributed by atoms with Crippen molar-refractivity contribution in [1.82, 2.24) is 14.5 Å². The maximum absolute atomic E-state index is 13.0.